The molecule has 2 heterocycles. The number of pyridine rings is 1. The van der Waals surface area contributed by atoms with E-state index in [2.05, 4.69) is 15.3 Å². The van der Waals surface area contributed by atoms with Crippen molar-refractivity contribution in [3.05, 3.63) is 42.4 Å². The third-order valence-electron chi connectivity index (χ3n) is 4.32. The number of carbonyl (C=O) groups excluding carboxylic acids is 1. The molecule has 1 fully saturated rings. The van der Waals surface area contributed by atoms with Crippen LogP contribution in [0.25, 0.3) is 16.7 Å². The number of hydrogen-bond donors (Lipinski definition) is 1. The van der Waals surface area contributed by atoms with Crippen LogP contribution < -0.4 is 10.1 Å². The second kappa shape index (κ2) is 6.26. The normalized spacial score (nSPS) is 14.4. The van der Waals surface area contributed by atoms with E-state index >= 15 is 0 Å². The number of anilines is 1. The molecule has 2 aromatic heterocycles. The number of hydrogen-bond acceptors (Lipinski definition) is 4. The molecule has 0 aliphatic heterocycles. The molecule has 0 bridgehead atoms. The second-order valence-corrected chi connectivity index (χ2v) is 6.29. The van der Waals surface area contributed by atoms with Gasteiger partial charge in [0, 0.05) is 12.0 Å². The van der Waals surface area contributed by atoms with Gasteiger partial charge in [-0.05, 0) is 37.1 Å². The van der Waals surface area contributed by atoms with Crippen molar-refractivity contribution < 1.29 is 22.7 Å². The zero-order valence-electron chi connectivity index (χ0n) is 14.2. The number of carbonyl (C=O) groups is 1. The lowest BCUT2D eigenvalue weighted by Gasteiger charge is -2.12. The summed E-state index contributed by atoms with van der Waals surface area (Å²) in [5.41, 5.74) is 0.631. The number of nitrogens with one attached hydrogen (secondary N) is 1. The molecule has 9 heteroatoms. The van der Waals surface area contributed by atoms with E-state index in [1.54, 1.807) is 6.07 Å². The summed E-state index contributed by atoms with van der Waals surface area (Å²) in [5, 5.41) is 2.66. The molecule has 0 unspecified atom stereocenters. The molecule has 1 amide bonds. The summed E-state index contributed by atoms with van der Waals surface area (Å²) in [4.78, 5) is 19.6. The van der Waals surface area contributed by atoms with Crippen molar-refractivity contribution in [3.8, 4) is 11.4 Å². The van der Waals surface area contributed by atoms with Gasteiger partial charge < -0.3 is 10.1 Å². The molecule has 140 valence electrons. The van der Waals surface area contributed by atoms with Gasteiger partial charge in [-0.3, -0.25) is 9.36 Å². The van der Waals surface area contributed by atoms with Crippen LogP contribution in [-0.4, -0.2) is 27.6 Å². The first-order chi connectivity index (χ1) is 12.9. The van der Waals surface area contributed by atoms with Gasteiger partial charge in [0.1, 0.15) is 11.6 Å². The maximum atomic E-state index is 13.5. The fourth-order valence-corrected chi connectivity index (χ4v) is 2.80. The lowest BCUT2D eigenvalue weighted by atomic mass is 10.3. The molecule has 27 heavy (non-hydrogen) atoms. The van der Waals surface area contributed by atoms with Gasteiger partial charge in [-0.25, -0.2) is 9.97 Å². The molecule has 1 saturated carbocycles. The van der Waals surface area contributed by atoms with Crippen molar-refractivity contribution in [2.75, 3.05) is 12.4 Å². The van der Waals surface area contributed by atoms with Crippen LogP contribution in [0.5, 0.6) is 5.75 Å². The van der Waals surface area contributed by atoms with Crippen LogP contribution in [0.2, 0.25) is 0 Å². The van der Waals surface area contributed by atoms with Gasteiger partial charge in [0.2, 0.25) is 11.7 Å². The minimum Gasteiger partial charge on any atom is -0.497 e. The van der Waals surface area contributed by atoms with Crippen molar-refractivity contribution in [1.82, 2.24) is 14.5 Å². The van der Waals surface area contributed by atoms with Crippen LogP contribution in [0.15, 0.2) is 36.5 Å². The van der Waals surface area contributed by atoms with Gasteiger partial charge in [-0.2, -0.15) is 13.2 Å². The Morgan fingerprint density at radius 3 is 2.63 bits per heavy atom. The Labute approximate surface area is 152 Å². The molecule has 1 N–H and O–H groups in total. The van der Waals surface area contributed by atoms with Crippen LogP contribution >= 0.6 is 0 Å². The first-order valence-electron chi connectivity index (χ1n) is 8.28. The highest BCUT2D eigenvalue weighted by atomic mass is 19.4. The van der Waals surface area contributed by atoms with E-state index in [4.69, 9.17) is 4.74 Å². The van der Waals surface area contributed by atoms with Gasteiger partial charge in [0.05, 0.1) is 30.0 Å². The maximum Gasteiger partial charge on any atom is 0.450 e. The predicted octanol–water partition coefficient (Wildman–Crippen LogP) is 3.80. The van der Waals surface area contributed by atoms with Crippen LogP contribution in [0.4, 0.5) is 19.0 Å². The van der Waals surface area contributed by atoms with Crippen LogP contribution in [0, 0.1) is 5.92 Å². The van der Waals surface area contributed by atoms with E-state index in [1.165, 1.54) is 37.6 Å². The highest BCUT2D eigenvalue weighted by Gasteiger charge is 2.38. The molecule has 0 radical (unpaired) electrons. The fraction of sp³-hybridized carbons (Fsp3) is 0.278. The minimum atomic E-state index is -4.65. The SMILES string of the molecule is COc1ccc2c(c1)nc(C(F)(F)F)n2-c1ccc(NC(=O)C2CC2)nc1. The Morgan fingerprint density at radius 2 is 2.04 bits per heavy atom. The van der Waals surface area contributed by atoms with Crippen molar-refractivity contribution >= 4 is 22.8 Å². The minimum absolute atomic E-state index is 0.0101. The average Bonchev–Trinajstić information content (AvgIpc) is 3.41. The van der Waals surface area contributed by atoms with Crippen LogP contribution in [0.1, 0.15) is 18.7 Å². The lowest BCUT2D eigenvalue weighted by Crippen LogP contribution is -2.15. The topological polar surface area (TPSA) is 69.0 Å². The Bertz CT molecular complexity index is 1010. The zero-order chi connectivity index (χ0) is 19.2. The zero-order valence-corrected chi connectivity index (χ0v) is 14.2. The predicted molar refractivity (Wildman–Crippen MR) is 91.8 cm³/mol. The summed E-state index contributed by atoms with van der Waals surface area (Å²) < 4.78 is 46.6. The third kappa shape index (κ3) is 3.32. The van der Waals surface area contributed by atoms with Crippen molar-refractivity contribution in [2.24, 2.45) is 5.92 Å². The number of fused-ring (bicyclic) bond motifs is 1. The molecule has 4 rings (SSSR count). The number of benzene rings is 1. The molecule has 0 atom stereocenters. The number of halogens is 3. The lowest BCUT2D eigenvalue weighted by molar-refractivity contribution is -0.145. The Hall–Kier alpha value is -3.10. The molecule has 6 nitrogen and oxygen atoms in total. The molecule has 1 aromatic carbocycles. The number of aromatic nitrogens is 3. The average molecular weight is 376 g/mol. The quantitative estimate of drug-likeness (QED) is 0.752. The summed E-state index contributed by atoms with van der Waals surface area (Å²) in [6.07, 6.45) is -1.67. The van der Waals surface area contributed by atoms with Crippen LogP contribution in [0.3, 0.4) is 0 Å². The first kappa shape index (κ1) is 17.3. The summed E-state index contributed by atoms with van der Waals surface area (Å²) in [5.74, 6) is -0.447. The third-order valence-corrected chi connectivity index (χ3v) is 4.32. The van der Waals surface area contributed by atoms with E-state index in [9.17, 15) is 18.0 Å². The van der Waals surface area contributed by atoms with Gasteiger partial charge >= 0.3 is 6.18 Å². The number of alkyl halides is 3. The Balaban J connectivity index is 1.76. The number of methoxy groups -OCH3 is 1. The standard InChI is InChI=1S/C18H15F3N4O2/c1-27-12-5-6-14-13(8-12)23-17(18(19,20)21)25(14)11-4-7-15(22-9-11)24-16(26)10-2-3-10/h4-10H,2-3H2,1H3,(H,22,24,26). The fourth-order valence-electron chi connectivity index (χ4n) is 2.80. The second-order valence-electron chi connectivity index (χ2n) is 6.29. The number of rotatable bonds is 4. The number of nitrogens with zero attached hydrogens (tertiary/aromatic N) is 3. The molecular weight excluding hydrogens is 361 g/mol. The Morgan fingerprint density at radius 1 is 1.26 bits per heavy atom. The van der Waals surface area contributed by atoms with Gasteiger partial charge in [0.25, 0.3) is 0 Å². The van der Waals surface area contributed by atoms with Gasteiger partial charge in [0.15, 0.2) is 0 Å². The first-order valence-corrected chi connectivity index (χ1v) is 8.28. The summed E-state index contributed by atoms with van der Waals surface area (Å²) in [6.45, 7) is 0. The van der Waals surface area contributed by atoms with Crippen molar-refractivity contribution in [3.63, 3.8) is 0 Å². The van der Waals surface area contributed by atoms with Gasteiger partial charge in [-0.1, -0.05) is 0 Å². The summed E-state index contributed by atoms with van der Waals surface area (Å²) in [7, 11) is 1.43. The van der Waals surface area contributed by atoms with Crippen LogP contribution in [-0.2, 0) is 11.0 Å². The van der Waals surface area contributed by atoms with E-state index in [0.717, 1.165) is 17.4 Å². The van der Waals surface area contributed by atoms with Crippen molar-refractivity contribution in [1.29, 1.82) is 0 Å². The molecule has 3 aromatic rings. The highest BCUT2D eigenvalue weighted by molar-refractivity contribution is 5.93. The molecule has 0 saturated heterocycles. The van der Waals surface area contributed by atoms with Crippen molar-refractivity contribution in [2.45, 2.75) is 19.0 Å². The Kier molecular flexibility index (Phi) is 4.01. The number of amides is 1. The van der Waals surface area contributed by atoms with E-state index in [-0.39, 0.29) is 28.5 Å². The van der Waals surface area contributed by atoms with Gasteiger partial charge in [-0.15, -0.1) is 0 Å². The number of ether oxygens (including phenoxy) is 1. The van der Waals surface area contributed by atoms with E-state index in [1.807, 2.05) is 0 Å². The molecule has 0 spiro atoms. The van der Waals surface area contributed by atoms with E-state index in [0.29, 0.717) is 11.6 Å². The molecule has 1 aliphatic rings. The number of imidazole rings is 1. The highest BCUT2D eigenvalue weighted by Crippen LogP contribution is 2.35. The van der Waals surface area contributed by atoms with E-state index < -0.39 is 12.0 Å². The smallest absolute Gasteiger partial charge is 0.450 e. The largest absolute Gasteiger partial charge is 0.497 e. The summed E-state index contributed by atoms with van der Waals surface area (Å²) >= 11 is 0. The maximum absolute atomic E-state index is 13.5. The monoisotopic (exact) mass is 376 g/mol. The molecule has 1 aliphatic carbocycles. The summed E-state index contributed by atoms with van der Waals surface area (Å²) in [6, 6.07) is 7.47. The molecular formula is C18H15F3N4O2.